The Morgan fingerprint density at radius 1 is 1.15 bits per heavy atom. The highest BCUT2D eigenvalue weighted by Crippen LogP contribution is 2.41. The number of carbonyl (C=O) groups excluding carboxylic acids is 1. The third kappa shape index (κ3) is 2.64. The van der Waals surface area contributed by atoms with Gasteiger partial charge in [0.1, 0.15) is 5.82 Å². The quantitative estimate of drug-likeness (QED) is 0.559. The summed E-state index contributed by atoms with van der Waals surface area (Å²) in [5, 5.41) is 8.54. The van der Waals surface area contributed by atoms with Crippen molar-refractivity contribution in [3.8, 4) is 5.13 Å². The second-order valence-electron chi connectivity index (χ2n) is 6.94. The van der Waals surface area contributed by atoms with E-state index in [0.29, 0.717) is 6.42 Å². The summed E-state index contributed by atoms with van der Waals surface area (Å²) in [5.41, 5.74) is 5.29. The zero-order valence-corrected chi connectivity index (χ0v) is 15.9. The molecule has 1 amide bonds. The average Bonchev–Trinajstić information content (AvgIpc) is 3.22. The van der Waals surface area contributed by atoms with Gasteiger partial charge in [0, 0.05) is 17.9 Å². The highest BCUT2D eigenvalue weighted by atomic mass is 32.1. The van der Waals surface area contributed by atoms with Crippen molar-refractivity contribution in [3.63, 3.8) is 0 Å². The number of hydrogen-bond donors (Lipinski definition) is 1. The van der Waals surface area contributed by atoms with Gasteiger partial charge in [-0.15, -0.1) is 0 Å². The molecule has 2 aromatic heterocycles. The Hall–Kier alpha value is -2.99. The third-order valence-corrected chi connectivity index (χ3v) is 6.01. The van der Waals surface area contributed by atoms with Gasteiger partial charge in [0.25, 0.3) is 0 Å². The SMILES string of the molecule is Cc1ccc2nc(-n3nc(C)c4c3NC(=O)CC4c3ccccc3)sc2c1. The zero-order chi connectivity index (χ0) is 18.5. The lowest BCUT2D eigenvalue weighted by Gasteiger charge is -2.24. The fourth-order valence-corrected chi connectivity index (χ4v) is 4.79. The van der Waals surface area contributed by atoms with E-state index in [1.54, 1.807) is 16.0 Å². The Kier molecular flexibility index (Phi) is 3.62. The van der Waals surface area contributed by atoms with Crippen LogP contribution in [0.3, 0.4) is 0 Å². The number of rotatable bonds is 2. The topological polar surface area (TPSA) is 59.8 Å². The molecule has 5 rings (SSSR count). The molecule has 0 spiro atoms. The first kappa shape index (κ1) is 16.2. The molecule has 1 atom stereocenters. The van der Waals surface area contributed by atoms with E-state index in [1.165, 1.54) is 5.56 Å². The summed E-state index contributed by atoms with van der Waals surface area (Å²) in [6.07, 6.45) is 0.433. The van der Waals surface area contributed by atoms with Crippen molar-refractivity contribution in [3.05, 3.63) is 70.9 Å². The Morgan fingerprint density at radius 2 is 1.96 bits per heavy atom. The van der Waals surface area contributed by atoms with Crippen LogP contribution in [-0.4, -0.2) is 20.7 Å². The fraction of sp³-hybridized carbons (Fsp3) is 0.190. The maximum absolute atomic E-state index is 12.4. The van der Waals surface area contributed by atoms with E-state index in [0.717, 1.165) is 38.0 Å². The summed E-state index contributed by atoms with van der Waals surface area (Å²) in [6.45, 7) is 4.07. The summed E-state index contributed by atoms with van der Waals surface area (Å²) < 4.78 is 2.91. The van der Waals surface area contributed by atoms with Crippen LogP contribution in [0.5, 0.6) is 0 Å². The summed E-state index contributed by atoms with van der Waals surface area (Å²) in [4.78, 5) is 17.2. The number of anilines is 1. The molecule has 5 nitrogen and oxygen atoms in total. The third-order valence-electron chi connectivity index (χ3n) is 5.02. The van der Waals surface area contributed by atoms with Gasteiger partial charge in [0.15, 0.2) is 0 Å². The summed E-state index contributed by atoms with van der Waals surface area (Å²) in [7, 11) is 0. The highest BCUT2D eigenvalue weighted by Gasteiger charge is 2.33. The van der Waals surface area contributed by atoms with Gasteiger partial charge in [-0.25, -0.2) is 4.98 Å². The predicted octanol–water partition coefficient (Wildman–Crippen LogP) is 4.57. The molecule has 2 aromatic carbocycles. The number of nitrogens with zero attached hydrogens (tertiary/aromatic N) is 3. The molecule has 1 unspecified atom stereocenters. The number of hydrogen-bond acceptors (Lipinski definition) is 4. The van der Waals surface area contributed by atoms with Gasteiger partial charge in [-0.1, -0.05) is 47.7 Å². The number of fused-ring (bicyclic) bond motifs is 2. The zero-order valence-electron chi connectivity index (χ0n) is 15.1. The first-order valence-corrected chi connectivity index (χ1v) is 9.73. The normalized spacial score (nSPS) is 16.4. The van der Waals surface area contributed by atoms with Crippen LogP contribution >= 0.6 is 11.3 Å². The molecule has 0 saturated carbocycles. The van der Waals surface area contributed by atoms with E-state index in [2.05, 4.69) is 36.5 Å². The van der Waals surface area contributed by atoms with E-state index >= 15 is 0 Å². The minimum atomic E-state index is 0.00876. The minimum absolute atomic E-state index is 0.00876. The summed E-state index contributed by atoms with van der Waals surface area (Å²) in [5.74, 6) is 0.767. The monoisotopic (exact) mass is 374 g/mol. The van der Waals surface area contributed by atoms with Gasteiger partial charge in [-0.2, -0.15) is 9.78 Å². The fourth-order valence-electron chi connectivity index (χ4n) is 3.77. The molecule has 0 saturated heterocycles. The molecule has 1 N–H and O–H groups in total. The standard InChI is InChI=1S/C21H18N4OS/c1-12-8-9-16-17(10-12)27-21(22-16)25-20-19(13(2)24-25)15(11-18(26)23-20)14-6-4-3-5-7-14/h3-10,15H,11H2,1-2H3,(H,23,26). The Balaban J connectivity index is 1.68. The average molecular weight is 374 g/mol. The van der Waals surface area contributed by atoms with Gasteiger partial charge < -0.3 is 5.32 Å². The van der Waals surface area contributed by atoms with Crippen LogP contribution in [-0.2, 0) is 4.79 Å². The summed E-state index contributed by atoms with van der Waals surface area (Å²) in [6, 6.07) is 16.4. The minimum Gasteiger partial charge on any atom is -0.310 e. The highest BCUT2D eigenvalue weighted by molar-refractivity contribution is 7.20. The molecule has 0 aliphatic carbocycles. The number of nitrogens with one attached hydrogen (secondary N) is 1. The molecule has 1 aliphatic rings. The van der Waals surface area contributed by atoms with Gasteiger partial charge in [0.2, 0.25) is 11.0 Å². The second-order valence-corrected chi connectivity index (χ2v) is 7.95. The maximum atomic E-state index is 12.4. The largest absolute Gasteiger partial charge is 0.310 e. The smallest absolute Gasteiger partial charge is 0.226 e. The number of carbonyl (C=O) groups is 1. The Morgan fingerprint density at radius 3 is 2.78 bits per heavy atom. The van der Waals surface area contributed by atoms with Crippen molar-refractivity contribution >= 4 is 33.3 Å². The molecule has 0 fully saturated rings. The molecule has 3 heterocycles. The molecule has 27 heavy (non-hydrogen) atoms. The van der Waals surface area contributed by atoms with E-state index in [1.807, 2.05) is 31.2 Å². The molecule has 0 radical (unpaired) electrons. The van der Waals surface area contributed by atoms with Crippen LogP contribution in [0.4, 0.5) is 5.82 Å². The lowest BCUT2D eigenvalue weighted by molar-refractivity contribution is -0.116. The second kappa shape index (κ2) is 6.03. The molecular weight excluding hydrogens is 356 g/mol. The lowest BCUT2D eigenvalue weighted by atomic mass is 9.86. The van der Waals surface area contributed by atoms with Crippen LogP contribution in [0.25, 0.3) is 15.3 Å². The van der Waals surface area contributed by atoms with Crippen LogP contribution in [0.1, 0.15) is 34.7 Å². The molecular formula is C21H18N4OS. The van der Waals surface area contributed by atoms with E-state index in [9.17, 15) is 4.79 Å². The summed E-state index contributed by atoms with van der Waals surface area (Å²) >= 11 is 1.59. The van der Waals surface area contributed by atoms with Crippen LogP contribution < -0.4 is 5.32 Å². The van der Waals surface area contributed by atoms with Gasteiger partial charge in [-0.3, -0.25) is 4.79 Å². The first-order chi connectivity index (χ1) is 13.1. The van der Waals surface area contributed by atoms with E-state index in [4.69, 9.17) is 10.1 Å². The maximum Gasteiger partial charge on any atom is 0.226 e. The number of benzene rings is 2. The van der Waals surface area contributed by atoms with Crippen molar-refractivity contribution in [1.82, 2.24) is 14.8 Å². The number of thiazole rings is 1. The van der Waals surface area contributed by atoms with Crippen molar-refractivity contribution in [2.75, 3.05) is 5.32 Å². The Bertz CT molecular complexity index is 1180. The molecule has 1 aliphatic heterocycles. The first-order valence-electron chi connectivity index (χ1n) is 8.92. The van der Waals surface area contributed by atoms with E-state index < -0.39 is 0 Å². The number of aryl methyl sites for hydroxylation is 2. The molecule has 4 aromatic rings. The number of amides is 1. The number of aromatic nitrogens is 3. The lowest BCUT2D eigenvalue weighted by Crippen LogP contribution is -2.24. The van der Waals surface area contributed by atoms with Crippen molar-refractivity contribution in [1.29, 1.82) is 0 Å². The molecule has 0 bridgehead atoms. The van der Waals surface area contributed by atoms with Crippen LogP contribution in [0, 0.1) is 13.8 Å². The predicted molar refractivity (Wildman–Crippen MR) is 108 cm³/mol. The van der Waals surface area contributed by atoms with Gasteiger partial charge in [0.05, 0.1) is 15.9 Å². The van der Waals surface area contributed by atoms with E-state index in [-0.39, 0.29) is 11.8 Å². The van der Waals surface area contributed by atoms with Crippen molar-refractivity contribution in [2.24, 2.45) is 0 Å². The van der Waals surface area contributed by atoms with Gasteiger partial charge in [-0.05, 0) is 37.1 Å². The van der Waals surface area contributed by atoms with Crippen molar-refractivity contribution < 1.29 is 4.79 Å². The van der Waals surface area contributed by atoms with Crippen LogP contribution in [0.2, 0.25) is 0 Å². The van der Waals surface area contributed by atoms with Gasteiger partial charge >= 0.3 is 0 Å². The molecule has 134 valence electrons. The van der Waals surface area contributed by atoms with Crippen LogP contribution in [0.15, 0.2) is 48.5 Å². The Labute approximate surface area is 160 Å². The van der Waals surface area contributed by atoms with Crippen molar-refractivity contribution in [2.45, 2.75) is 26.2 Å². The molecule has 6 heteroatoms.